The summed E-state index contributed by atoms with van der Waals surface area (Å²) in [6, 6.07) is 14.8. The van der Waals surface area contributed by atoms with Gasteiger partial charge in [0, 0.05) is 18.7 Å². The third kappa shape index (κ3) is 3.19. The first-order valence-corrected chi connectivity index (χ1v) is 8.95. The zero-order chi connectivity index (χ0) is 18.0. The zero-order valence-electron chi connectivity index (χ0n) is 15.8. The van der Waals surface area contributed by atoms with Crippen molar-refractivity contribution >= 4 is 5.88 Å². The van der Waals surface area contributed by atoms with Gasteiger partial charge in [-0.2, -0.15) is 0 Å². The number of nitrogens with zero attached hydrogens (tertiary/aromatic N) is 2. The Morgan fingerprint density at radius 2 is 1.48 bits per heavy atom. The lowest BCUT2D eigenvalue weighted by molar-refractivity contribution is 0.420. The number of rotatable bonds is 5. The van der Waals surface area contributed by atoms with Gasteiger partial charge in [-0.25, -0.2) is 0 Å². The Hall–Kier alpha value is -2.55. The van der Waals surface area contributed by atoms with Gasteiger partial charge in [0.2, 0.25) is 5.88 Å². The molecule has 0 aliphatic carbocycles. The van der Waals surface area contributed by atoms with Crippen molar-refractivity contribution in [3.05, 3.63) is 59.2 Å². The molecule has 3 rings (SSSR count). The van der Waals surface area contributed by atoms with Crippen LogP contribution in [0.3, 0.4) is 0 Å². The first kappa shape index (κ1) is 17.3. The molecule has 130 valence electrons. The van der Waals surface area contributed by atoms with Gasteiger partial charge < -0.3 is 9.42 Å². The Balaban J connectivity index is 2.29. The van der Waals surface area contributed by atoms with Crippen LogP contribution in [0.25, 0.3) is 22.4 Å². The predicted octanol–water partition coefficient (Wildman–Crippen LogP) is 5.78. The van der Waals surface area contributed by atoms with Crippen LogP contribution < -0.4 is 4.90 Å². The average Bonchev–Trinajstić information content (AvgIpc) is 3.00. The highest BCUT2D eigenvalue weighted by molar-refractivity contribution is 5.90. The van der Waals surface area contributed by atoms with Crippen LogP contribution in [0.5, 0.6) is 0 Å². The highest BCUT2D eigenvalue weighted by atomic mass is 16.5. The first-order chi connectivity index (χ1) is 12.1. The topological polar surface area (TPSA) is 29.3 Å². The molecule has 0 spiro atoms. The molecule has 1 heterocycles. The number of aromatic nitrogens is 1. The zero-order valence-corrected chi connectivity index (χ0v) is 15.8. The van der Waals surface area contributed by atoms with Crippen LogP contribution in [0.4, 0.5) is 5.88 Å². The van der Waals surface area contributed by atoms with Crippen LogP contribution in [0.1, 0.15) is 30.5 Å². The molecule has 0 N–H and O–H groups in total. The van der Waals surface area contributed by atoms with Gasteiger partial charge >= 0.3 is 0 Å². The Morgan fingerprint density at radius 3 is 2.04 bits per heavy atom. The Kier molecular flexibility index (Phi) is 4.93. The largest absolute Gasteiger partial charge is 0.341 e. The molecule has 3 aromatic rings. The first-order valence-electron chi connectivity index (χ1n) is 8.95. The van der Waals surface area contributed by atoms with Gasteiger partial charge in [0.25, 0.3) is 0 Å². The van der Waals surface area contributed by atoms with Crippen molar-refractivity contribution in [1.29, 1.82) is 0 Å². The van der Waals surface area contributed by atoms with E-state index in [9.17, 15) is 0 Å². The van der Waals surface area contributed by atoms with E-state index in [1.165, 1.54) is 22.3 Å². The lowest BCUT2D eigenvalue weighted by Crippen LogP contribution is -2.21. The van der Waals surface area contributed by atoms with Gasteiger partial charge in [-0.05, 0) is 51.3 Å². The molecule has 0 saturated carbocycles. The smallest absolute Gasteiger partial charge is 0.235 e. The molecule has 2 aromatic carbocycles. The van der Waals surface area contributed by atoms with Crippen molar-refractivity contribution in [2.24, 2.45) is 0 Å². The summed E-state index contributed by atoms with van der Waals surface area (Å²) in [4.78, 5) is 2.22. The molecule has 0 aliphatic heterocycles. The van der Waals surface area contributed by atoms with E-state index in [2.05, 4.69) is 81.1 Å². The van der Waals surface area contributed by atoms with E-state index in [-0.39, 0.29) is 0 Å². The second-order valence-electron chi connectivity index (χ2n) is 6.52. The van der Waals surface area contributed by atoms with Crippen molar-refractivity contribution in [2.75, 3.05) is 18.0 Å². The predicted molar refractivity (Wildman–Crippen MR) is 105 cm³/mol. The molecular formula is C22H26N2O. The van der Waals surface area contributed by atoms with Gasteiger partial charge in [-0.15, -0.1) is 0 Å². The molecule has 0 amide bonds. The highest BCUT2D eigenvalue weighted by Gasteiger charge is 2.24. The summed E-state index contributed by atoms with van der Waals surface area (Å²) in [6.45, 7) is 12.5. The minimum absolute atomic E-state index is 0.852. The lowest BCUT2D eigenvalue weighted by atomic mass is 9.93. The standard InChI is InChI=1S/C22H26N2O/c1-6-24(7-2)22-20(18-11-9-8-10-12-18)21(23-25-22)19-16(4)13-15(3)14-17(19)5/h8-14H,6-7H2,1-5H3. The quantitative estimate of drug-likeness (QED) is 0.592. The fourth-order valence-corrected chi connectivity index (χ4v) is 3.60. The number of benzene rings is 2. The van der Waals surface area contributed by atoms with Crippen LogP contribution in [0.15, 0.2) is 47.0 Å². The maximum Gasteiger partial charge on any atom is 0.235 e. The Morgan fingerprint density at radius 1 is 0.880 bits per heavy atom. The fraction of sp³-hybridized carbons (Fsp3) is 0.318. The molecule has 0 aliphatic rings. The van der Waals surface area contributed by atoms with Gasteiger partial charge in [0.1, 0.15) is 5.69 Å². The van der Waals surface area contributed by atoms with Gasteiger partial charge in [0.05, 0.1) is 5.56 Å². The molecule has 0 bridgehead atoms. The molecule has 1 aromatic heterocycles. The van der Waals surface area contributed by atoms with Crippen molar-refractivity contribution in [2.45, 2.75) is 34.6 Å². The Bertz CT molecular complexity index is 838. The minimum Gasteiger partial charge on any atom is -0.341 e. The van der Waals surface area contributed by atoms with Crippen LogP contribution in [-0.2, 0) is 0 Å². The maximum absolute atomic E-state index is 5.86. The summed E-state index contributed by atoms with van der Waals surface area (Å²) < 4.78 is 5.86. The van der Waals surface area contributed by atoms with E-state index in [0.29, 0.717) is 0 Å². The molecule has 0 saturated heterocycles. The second-order valence-corrected chi connectivity index (χ2v) is 6.52. The molecular weight excluding hydrogens is 308 g/mol. The minimum atomic E-state index is 0.852. The lowest BCUT2D eigenvalue weighted by Gasteiger charge is -2.19. The number of anilines is 1. The SMILES string of the molecule is CCN(CC)c1onc(-c2c(C)cc(C)cc2C)c1-c1ccccc1. The number of hydrogen-bond acceptors (Lipinski definition) is 3. The van der Waals surface area contributed by atoms with Crippen molar-refractivity contribution in [3.8, 4) is 22.4 Å². The molecule has 0 atom stereocenters. The number of hydrogen-bond donors (Lipinski definition) is 0. The highest BCUT2D eigenvalue weighted by Crippen LogP contribution is 2.41. The van der Waals surface area contributed by atoms with Gasteiger partial charge in [0.15, 0.2) is 0 Å². The van der Waals surface area contributed by atoms with Gasteiger partial charge in [-0.3, -0.25) is 0 Å². The molecule has 0 radical (unpaired) electrons. The van der Waals surface area contributed by atoms with Gasteiger partial charge in [-0.1, -0.05) is 53.2 Å². The van der Waals surface area contributed by atoms with Crippen LogP contribution in [-0.4, -0.2) is 18.2 Å². The molecule has 0 fully saturated rings. The summed E-state index contributed by atoms with van der Waals surface area (Å²) in [5, 5.41) is 4.51. The van der Waals surface area contributed by atoms with E-state index < -0.39 is 0 Å². The monoisotopic (exact) mass is 334 g/mol. The summed E-state index contributed by atoms with van der Waals surface area (Å²) >= 11 is 0. The average molecular weight is 334 g/mol. The summed E-state index contributed by atoms with van der Waals surface area (Å²) in [5.41, 5.74) is 8.06. The van der Waals surface area contributed by atoms with Crippen molar-refractivity contribution in [3.63, 3.8) is 0 Å². The third-order valence-electron chi connectivity index (χ3n) is 4.70. The summed E-state index contributed by atoms with van der Waals surface area (Å²) in [7, 11) is 0. The molecule has 3 nitrogen and oxygen atoms in total. The second kappa shape index (κ2) is 7.14. The molecule has 0 unspecified atom stereocenters. The van der Waals surface area contributed by atoms with E-state index in [0.717, 1.165) is 35.8 Å². The number of aryl methyl sites for hydroxylation is 3. The molecule has 3 heteroatoms. The summed E-state index contributed by atoms with van der Waals surface area (Å²) in [5.74, 6) is 0.852. The van der Waals surface area contributed by atoms with E-state index in [1.54, 1.807) is 0 Å². The molecule has 25 heavy (non-hydrogen) atoms. The van der Waals surface area contributed by atoms with Crippen LogP contribution in [0, 0.1) is 20.8 Å². The van der Waals surface area contributed by atoms with Crippen molar-refractivity contribution < 1.29 is 4.52 Å². The Labute approximate surface area is 150 Å². The van der Waals surface area contributed by atoms with Crippen LogP contribution >= 0.6 is 0 Å². The van der Waals surface area contributed by atoms with E-state index in [4.69, 9.17) is 4.52 Å². The normalized spacial score (nSPS) is 10.9. The van der Waals surface area contributed by atoms with E-state index >= 15 is 0 Å². The van der Waals surface area contributed by atoms with E-state index in [1.807, 2.05) is 6.07 Å². The van der Waals surface area contributed by atoms with Crippen molar-refractivity contribution in [1.82, 2.24) is 5.16 Å². The third-order valence-corrected chi connectivity index (χ3v) is 4.70. The summed E-state index contributed by atoms with van der Waals surface area (Å²) in [6.07, 6.45) is 0. The maximum atomic E-state index is 5.86. The fourth-order valence-electron chi connectivity index (χ4n) is 3.60. The van der Waals surface area contributed by atoms with Crippen LogP contribution in [0.2, 0.25) is 0 Å².